The van der Waals surface area contributed by atoms with Crippen molar-refractivity contribution in [1.29, 1.82) is 0 Å². The van der Waals surface area contributed by atoms with Crippen LogP contribution < -0.4 is 5.73 Å². The molecule has 0 fully saturated rings. The Bertz CT molecular complexity index is 331. The SMILES string of the molecule is CCCCCCCCCCCCCCCCC(CCC(N)=O)C(=O)O. The molecule has 1 amide bonds. The lowest BCUT2D eigenvalue weighted by Crippen LogP contribution is -2.18. The number of nitrogens with two attached hydrogens (primary N) is 1. The van der Waals surface area contributed by atoms with Gasteiger partial charge in [-0.25, -0.2) is 0 Å². The zero-order valence-corrected chi connectivity index (χ0v) is 16.4. The number of amides is 1. The molecule has 0 saturated heterocycles. The van der Waals surface area contributed by atoms with E-state index < -0.39 is 17.8 Å². The van der Waals surface area contributed by atoms with Crippen LogP contribution >= 0.6 is 0 Å². The van der Waals surface area contributed by atoms with E-state index in [9.17, 15) is 9.59 Å². The molecule has 0 radical (unpaired) electrons. The summed E-state index contributed by atoms with van der Waals surface area (Å²) in [6.45, 7) is 2.26. The van der Waals surface area contributed by atoms with Crippen molar-refractivity contribution in [1.82, 2.24) is 0 Å². The van der Waals surface area contributed by atoms with E-state index in [0.29, 0.717) is 12.8 Å². The van der Waals surface area contributed by atoms with Crippen LogP contribution in [0.1, 0.15) is 116 Å². The zero-order valence-electron chi connectivity index (χ0n) is 16.4. The molecule has 4 nitrogen and oxygen atoms in total. The first kappa shape index (κ1) is 23.9. The van der Waals surface area contributed by atoms with Crippen LogP contribution in [-0.2, 0) is 9.59 Å². The maximum atomic E-state index is 11.1. The van der Waals surface area contributed by atoms with Crippen molar-refractivity contribution >= 4 is 11.9 Å². The number of carboxylic acid groups (broad SMARTS) is 1. The fourth-order valence-electron chi connectivity index (χ4n) is 3.29. The Morgan fingerprint density at radius 1 is 0.720 bits per heavy atom. The van der Waals surface area contributed by atoms with Crippen LogP contribution in [0.4, 0.5) is 0 Å². The van der Waals surface area contributed by atoms with E-state index in [1.807, 2.05) is 0 Å². The number of aliphatic carboxylic acids is 1. The quantitative estimate of drug-likeness (QED) is 0.286. The molecule has 148 valence electrons. The Morgan fingerprint density at radius 2 is 1.12 bits per heavy atom. The molecule has 1 atom stereocenters. The van der Waals surface area contributed by atoms with Crippen LogP contribution in [-0.4, -0.2) is 17.0 Å². The molecular formula is C21H41NO3. The fraction of sp³-hybridized carbons (Fsp3) is 0.905. The highest BCUT2D eigenvalue weighted by Gasteiger charge is 2.17. The number of unbranched alkanes of at least 4 members (excludes halogenated alkanes) is 13. The maximum Gasteiger partial charge on any atom is 0.306 e. The van der Waals surface area contributed by atoms with Crippen molar-refractivity contribution in [2.75, 3.05) is 0 Å². The number of carboxylic acids is 1. The first-order chi connectivity index (χ1) is 12.1. The molecule has 0 aliphatic rings. The first-order valence-electron chi connectivity index (χ1n) is 10.6. The van der Waals surface area contributed by atoms with Crippen molar-refractivity contribution in [3.05, 3.63) is 0 Å². The normalized spacial score (nSPS) is 12.2. The molecule has 1 unspecified atom stereocenters. The number of primary amides is 1. The van der Waals surface area contributed by atoms with Crippen LogP contribution in [0.25, 0.3) is 0 Å². The Labute approximate surface area is 154 Å². The second-order valence-corrected chi connectivity index (χ2v) is 7.43. The van der Waals surface area contributed by atoms with Gasteiger partial charge in [-0.15, -0.1) is 0 Å². The number of hydrogen-bond donors (Lipinski definition) is 2. The van der Waals surface area contributed by atoms with Crippen LogP contribution in [0.3, 0.4) is 0 Å². The van der Waals surface area contributed by atoms with Crippen LogP contribution in [0, 0.1) is 5.92 Å². The number of carbonyl (C=O) groups excluding carboxylic acids is 1. The standard InChI is InChI=1S/C21H41NO3/c1-2-3-4-5-6-7-8-9-10-11-12-13-14-15-16-19(21(24)25)17-18-20(22)23/h19H,2-18H2,1H3,(H2,22,23)(H,24,25). The lowest BCUT2D eigenvalue weighted by atomic mass is 9.95. The Balaban J connectivity index is 3.34. The summed E-state index contributed by atoms with van der Waals surface area (Å²) in [5.74, 6) is -1.62. The van der Waals surface area contributed by atoms with E-state index in [1.54, 1.807) is 0 Å². The minimum atomic E-state index is -0.795. The number of carbonyl (C=O) groups is 2. The van der Waals surface area contributed by atoms with E-state index in [-0.39, 0.29) is 6.42 Å². The zero-order chi connectivity index (χ0) is 18.8. The third-order valence-corrected chi connectivity index (χ3v) is 4.99. The van der Waals surface area contributed by atoms with E-state index in [0.717, 1.165) is 12.8 Å². The molecule has 0 heterocycles. The smallest absolute Gasteiger partial charge is 0.306 e. The predicted molar refractivity (Wildman–Crippen MR) is 104 cm³/mol. The van der Waals surface area contributed by atoms with Gasteiger partial charge in [0, 0.05) is 6.42 Å². The molecule has 0 bridgehead atoms. The monoisotopic (exact) mass is 355 g/mol. The summed E-state index contributed by atoms with van der Waals surface area (Å²) in [4.78, 5) is 21.9. The molecule has 0 saturated carbocycles. The topological polar surface area (TPSA) is 80.4 Å². The summed E-state index contributed by atoms with van der Waals surface area (Å²) in [5.41, 5.74) is 5.09. The van der Waals surface area contributed by atoms with E-state index >= 15 is 0 Å². The van der Waals surface area contributed by atoms with Crippen LogP contribution in [0.2, 0.25) is 0 Å². The van der Waals surface area contributed by atoms with Gasteiger partial charge in [-0.3, -0.25) is 9.59 Å². The molecule has 3 N–H and O–H groups in total. The molecule has 0 spiro atoms. The second-order valence-electron chi connectivity index (χ2n) is 7.43. The number of hydrogen-bond acceptors (Lipinski definition) is 2. The van der Waals surface area contributed by atoms with Crippen LogP contribution in [0.15, 0.2) is 0 Å². The first-order valence-corrected chi connectivity index (χ1v) is 10.6. The van der Waals surface area contributed by atoms with Gasteiger partial charge in [0.15, 0.2) is 0 Å². The van der Waals surface area contributed by atoms with Crippen molar-refractivity contribution in [3.63, 3.8) is 0 Å². The minimum absolute atomic E-state index is 0.176. The molecule has 0 aliphatic heterocycles. The van der Waals surface area contributed by atoms with Gasteiger partial charge in [0.25, 0.3) is 0 Å². The summed E-state index contributed by atoms with van der Waals surface area (Å²) >= 11 is 0. The van der Waals surface area contributed by atoms with Crippen molar-refractivity contribution in [3.8, 4) is 0 Å². The van der Waals surface area contributed by atoms with Gasteiger partial charge < -0.3 is 10.8 Å². The lowest BCUT2D eigenvalue weighted by molar-refractivity contribution is -0.142. The summed E-state index contributed by atoms with van der Waals surface area (Å²) in [7, 11) is 0. The molecule has 0 aromatic heterocycles. The van der Waals surface area contributed by atoms with Crippen molar-refractivity contribution in [2.45, 2.75) is 116 Å². The molecule has 0 rings (SSSR count). The van der Waals surface area contributed by atoms with E-state index in [4.69, 9.17) is 10.8 Å². The summed E-state index contributed by atoms with van der Waals surface area (Å²) in [6, 6.07) is 0. The highest BCUT2D eigenvalue weighted by molar-refractivity contribution is 5.75. The highest BCUT2D eigenvalue weighted by Crippen LogP contribution is 2.18. The average molecular weight is 356 g/mol. The van der Waals surface area contributed by atoms with Gasteiger partial charge in [0.2, 0.25) is 5.91 Å². The van der Waals surface area contributed by atoms with E-state index in [1.165, 1.54) is 77.0 Å². The number of rotatable bonds is 19. The molecule has 4 heteroatoms. The van der Waals surface area contributed by atoms with Crippen LogP contribution in [0.5, 0.6) is 0 Å². The second kappa shape index (κ2) is 17.8. The highest BCUT2D eigenvalue weighted by atomic mass is 16.4. The predicted octanol–water partition coefficient (Wildman–Crippen LogP) is 5.82. The average Bonchev–Trinajstić information content (AvgIpc) is 2.57. The Kier molecular flexibility index (Phi) is 17.0. The van der Waals surface area contributed by atoms with Gasteiger partial charge in [-0.05, 0) is 12.8 Å². The molecule has 0 aliphatic carbocycles. The summed E-state index contributed by atoms with van der Waals surface area (Å²) < 4.78 is 0. The van der Waals surface area contributed by atoms with Gasteiger partial charge in [0.1, 0.15) is 0 Å². The molecule has 0 aromatic rings. The minimum Gasteiger partial charge on any atom is -0.481 e. The van der Waals surface area contributed by atoms with Crippen molar-refractivity contribution in [2.24, 2.45) is 11.7 Å². The van der Waals surface area contributed by atoms with Gasteiger partial charge in [-0.1, -0.05) is 96.8 Å². The molecule has 0 aromatic carbocycles. The molecular weight excluding hydrogens is 314 g/mol. The van der Waals surface area contributed by atoms with Gasteiger partial charge >= 0.3 is 5.97 Å². The van der Waals surface area contributed by atoms with Gasteiger partial charge in [0.05, 0.1) is 5.92 Å². The third-order valence-electron chi connectivity index (χ3n) is 4.99. The Morgan fingerprint density at radius 3 is 1.48 bits per heavy atom. The lowest BCUT2D eigenvalue weighted by Gasteiger charge is -2.10. The summed E-state index contributed by atoms with van der Waals surface area (Å²) in [6.07, 6.45) is 19.4. The maximum absolute atomic E-state index is 11.1. The fourth-order valence-corrected chi connectivity index (χ4v) is 3.29. The Hall–Kier alpha value is -1.06. The third kappa shape index (κ3) is 17.6. The van der Waals surface area contributed by atoms with E-state index in [2.05, 4.69) is 6.92 Å². The van der Waals surface area contributed by atoms with Gasteiger partial charge in [-0.2, -0.15) is 0 Å². The largest absolute Gasteiger partial charge is 0.481 e. The van der Waals surface area contributed by atoms with Crippen molar-refractivity contribution < 1.29 is 14.7 Å². The summed E-state index contributed by atoms with van der Waals surface area (Å²) in [5, 5.41) is 9.14. The molecule has 25 heavy (non-hydrogen) atoms.